The molecule has 0 saturated carbocycles. The second-order valence-electron chi connectivity index (χ2n) is 21.6. The van der Waals surface area contributed by atoms with Crippen LogP contribution >= 0.6 is 0 Å². The van der Waals surface area contributed by atoms with Gasteiger partial charge in [0.15, 0.2) is 6.10 Å². The number of hydrogen-bond donors (Lipinski definition) is 0. The van der Waals surface area contributed by atoms with Crippen molar-refractivity contribution in [2.24, 2.45) is 0 Å². The van der Waals surface area contributed by atoms with Crippen LogP contribution in [-0.4, -0.2) is 37.9 Å². The van der Waals surface area contributed by atoms with Crippen LogP contribution in [-0.2, 0) is 23.8 Å². The lowest BCUT2D eigenvalue weighted by atomic mass is 10.0. The van der Waals surface area contributed by atoms with Crippen LogP contribution in [0.25, 0.3) is 0 Å². The minimum Gasteiger partial charge on any atom is -0.462 e. The molecule has 0 saturated heterocycles. The van der Waals surface area contributed by atoms with Crippen molar-refractivity contribution in [1.82, 2.24) is 0 Å². The lowest BCUT2D eigenvalue weighted by Gasteiger charge is -2.18. The smallest absolute Gasteiger partial charge is 0.306 e. The fraction of sp³-hybridized carbons (Fsp3) is 0.797. The van der Waals surface area contributed by atoms with Gasteiger partial charge in [-0.25, -0.2) is 0 Å². The first kappa shape index (κ1) is 71.3. The summed E-state index contributed by atoms with van der Waals surface area (Å²) in [6, 6.07) is 0. The number of rotatable bonds is 60. The number of unbranched alkanes of at least 4 members (excludes halogenated alkanes) is 37. The van der Waals surface area contributed by atoms with Gasteiger partial charge in [0.05, 0.1) is 6.61 Å². The largest absolute Gasteiger partial charge is 0.462 e. The molecule has 430 valence electrons. The van der Waals surface area contributed by atoms with Crippen molar-refractivity contribution in [2.75, 3.05) is 19.8 Å². The lowest BCUT2D eigenvalue weighted by molar-refractivity contribution is -0.163. The predicted molar refractivity (Wildman–Crippen MR) is 325 cm³/mol. The van der Waals surface area contributed by atoms with Gasteiger partial charge in [-0.2, -0.15) is 0 Å². The monoisotopic (exact) mass is 1030 g/mol. The Hall–Kier alpha value is -2.66. The molecule has 0 radical (unpaired) electrons. The standard InChI is InChI=1S/C69H124O5/c1-4-7-10-13-16-19-22-25-28-31-34-37-40-43-46-49-52-55-58-61-64-72-65-67(74-69(71)63-60-57-54-51-48-45-42-39-36-33-30-27-24-21-18-15-12-9-6-3)66-73-68(70)62-59-56-53-50-47-44-41-38-35-32-29-26-23-20-17-14-11-8-5-2/h8,11,17,20,25-26,28-29,35,38,44,47,67H,4-7,9-10,12-16,18-19,21-24,27,30-34,36-37,39-43,45-46,48-66H2,1-3H3/b11-8-,20-17-,28-25-,29-26-,38-35-,47-44-. The molecule has 0 aromatic heterocycles. The maximum Gasteiger partial charge on any atom is 0.306 e. The highest BCUT2D eigenvalue weighted by molar-refractivity contribution is 5.70. The van der Waals surface area contributed by atoms with Crippen molar-refractivity contribution < 1.29 is 23.8 Å². The minimum absolute atomic E-state index is 0.0692. The Labute approximate surface area is 461 Å². The van der Waals surface area contributed by atoms with Crippen molar-refractivity contribution in [3.05, 3.63) is 72.9 Å². The van der Waals surface area contributed by atoms with Crippen LogP contribution in [0.5, 0.6) is 0 Å². The third-order valence-corrected chi connectivity index (χ3v) is 14.2. The number of esters is 2. The van der Waals surface area contributed by atoms with Gasteiger partial charge in [0, 0.05) is 19.4 Å². The van der Waals surface area contributed by atoms with Gasteiger partial charge in [0.1, 0.15) is 6.61 Å². The van der Waals surface area contributed by atoms with Crippen molar-refractivity contribution in [3.8, 4) is 0 Å². The number of ether oxygens (including phenoxy) is 3. The minimum atomic E-state index is -0.553. The first-order valence-corrected chi connectivity index (χ1v) is 32.5. The van der Waals surface area contributed by atoms with E-state index < -0.39 is 6.10 Å². The molecule has 5 heteroatoms. The van der Waals surface area contributed by atoms with Crippen LogP contribution < -0.4 is 0 Å². The van der Waals surface area contributed by atoms with Gasteiger partial charge in [0.2, 0.25) is 0 Å². The Morgan fingerprint density at radius 1 is 0.311 bits per heavy atom. The van der Waals surface area contributed by atoms with E-state index in [1.54, 1.807) is 0 Å². The molecular formula is C69H124O5. The van der Waals surface area contributed by atoms with E-state index in [0.29, 0.717) is 19.4 Å². The summed E-state index contributed by atoms with van der Waals surface area (Å²) in [4.78, 5) is 25.6. The van der Waals surface area contributed by atoms with Gasteiger partial charge in [-0.3, -0.25) is 9.59 Å². The van der Waals surface area contributed by atoms with Crippen molar-refractivity contribution in [3.63, 3.8) is 0 Å². The van der Waals surface area contributed by atoms with E-state index in [0.717, 1.165) is 83.5 Å². The normalized spacial score (nSPS) is 12.6. The highest BCUT2D eigenvalue weighted by Gasteiger charge is 2.17. The third-order valence-electron chi connectivity index (χ3n) is 14.2. The van der Waals surface area contributed by atoms with Crippen molar-refractivity contribution >= 4 is 11.9 Å². The van der Waals surface area contributed by atoms with Gasteiger partial charge in [-0.05, 0) is 89.9 Å². The van der Waals surface area contributed by atoms with Gasteiger partial charge in [0.25, 0.3) is 0 Å². The Kier molecular flexibility index (Phi) is 62.3. The molecule has 0 aromatic carbocycles. The Bertz CT molecular complexity index is 1310. The Morgan fingerprint density at radius 3 is 1.00 bits per heavy atom. The summed E-state index contributed by atoms with van der Waals surface area (Å²) in [7, 11) is 0. The molecule has 74 heavy (non-hydrogen) atoms. The fourth-order valence-electron chi connectivity index (χ4n) is 9.42. The second kappa shape index (κ2) is 64.6. The topological polar surface area (TPSA) is 61.8 Å². The first-order valence-electron chi connectivity index (χ1n) is 32.5. The number of carbonyl (C=O) groups is 2. The molecule has 1 unspecified atom stereocenters. The van der Waals surface area contributed by atoms with Gasteiger partial charge < -0.3 is 14.2 Å². The molecule has 0 heterocycles. The fourth-order valence-corrected chi connectivity index (χ4v) is 9.42. The average Bonchev–Trinajstić information content (AvgIpc) is 3.40. The quantitative estimate of drug-likeness (QED) is 0.0345. The molecule has 0 aliphatic rings. The summed E-state index contributed by atoms with van der Waals surface area (Å²) in [5, 5.41) is 0. The van der Waals surface area contributed by atoms with Crippen LogP contribution in [0.3, 0.4) is 0 Å². The Morgan fingerprint density at radius 2 is 0.608 bits per heavy atom. The van der Waals surface area contributed by atoms with E-state index in [9.17, 15) is 9.59 Å². The molecule has 0 spiro atoms. The van der Waals surface area contributed by atoms with Crippen LogP contribution in [0.1, 0.15) is 329 Å². The van der Waals surface area contributed by atoms with E-state index in [4.69, 9.17) is 14.2 Å². The van der Waals surface area contributed by atoms with Gasteiger partial charge in [-0.15, -0.1) is 0 Å². The molecule has 0 aromatic rings. The highest BCUT2D eigenvalue weighted by Crippen LogP contribution is 2.17. The summed E-state index contributed by atoms with van der Waals surface area (Å²) in [5.74, 6) is -0.418. The van der Waals surface area contributed by atoms with Gasteiger partial charge in [-0.1, -0.05) is 299 Å². The molecule has 0 amide bonds. The zero-order valence-corrected chi connectivity index (χ0v) is 49.6. The number of hydrogen-bond acceptors (Lipinski definition) is 5. The first-order chi connectivity index (χ1) is 36.6. The molecule has 0 aliphatic carbocycles. The summed E-state index contributed by atoms with van der Waals surface area (Å²) in [6.07, 6.45) is 85.2. The van der Waals surface area contributed by atoms with E-state index in [1.165, 1.54) is 212 Å². The highest BCUT2D eigenvalue weighted by atomic mass is 16.6. The zero-order valence-electron chi connectivity index (χ0n) is 49.6. The van der Waals surface area contributed by atoms with Crippen LogP contribution in [0, 0.1) is 0 Å². The van der Waals surface area contributed by atoms with E-state index >= 15 is 0 Å². The van der Waals surface area contributed by atoms with Crippen molar-refractivity contribution in [1.29, 1.82) is 0 Å². The molecule has 0 aliphatic heterocycles. The predicted octanol–water partition coefficient (Wildman–Crippen LogP) is 22.6. The molecule has 0 rings (SSSR count). The van der Waals surface area contributed by atoms with E-state index in [1.807, 2.05) is 0 Å². The van der Waals surface area contributed by atoms with Gasteiger partial charge >= 0.3 is 11.9 Å². The number of allylic oxidation sites excluding steroid dienone is 12. The summed E-state index contributed by atoms with van der Waals surface area (Å²) >= 11 is 0. The number of carbonyl (C=O) groups excluding carboxylic acids is 2. The summed E-state index contributed by atoms with van der Waals surface area (Å²) in [6.45, 7) is 7.73. The lowest BCUT2D eigenvalue weighted by Crippen LogP contribution is -2.30. The van der Waals surface area contributed by atoms with Crippen LogP contribution in [0.15, 0.2) is 72.9 Å². The maximum absolute atomic E-state index is 12.9. The molecule has 0 N–H and O–H groups in total. The summed E-state index contributed by atoms with van der Waals surface area (Å²) in [5.41, 5.74) is 0. The van der Waals surface area contributed by atoms with Crippen LogP contribution in [0.4, 0.5) is 0 Å². The van der Waals surface area contributed by atoms with E-state index in [-0.39, 0.29) is 25.2 Å². The SMILES string of the molecule is CC/C=C\C/C=C\C/C=C\C/C=C\C/C=C\CCCCCC(=O)OCC(COCCCCCCCCCCCC/C=C\CCCCCCCC)OC(=O)CCCCCCCCCCCCCCCCCCCCC. The average molecular weight is 1030 g/mol. The van der Waals surface area contributed by atoms with Crippen molar-refractivity contribution in [2.45, 2.75) is 335 Å². The molecule has 5 nitrogen and oxygen atoms in total. The molecule has 0 fully saturated rings. The molecule has 1 atom stereocenters. The molecular weight excluding hydrogens is 909 g/mol. The maximum atomic E-state index is 12.9. The third kappa shape index (κ3) is 61.9. The Balaban J connectivity index is 4.31. The zero-order chi connectivity index (χ0) is 53.4. The van der Waals surface area contributed by atoms with Crippen LogP contribution in [0.2, 0.25) is 0 Å². The second-order valence-corrected chi connectivity index (χ2v) is 21.6. The summed E-state index contributed by atoms with van der Waals surface area (Å²) < 4.78 is 17.5. The van der Waals surface area contributed by atoms with E-state index in [2.05, 4.69) is 93.7 Å². The molecule has 0 bridgehead atoms.